The minimum Gasteiger partial charge on any atom is -0.493 e. The van der Waals surface area contributed by atoms with Gasteiger partial charge in [-0.2, -0.15) is 0 Å². The molecular weight excluding hydrogens is 511 g/mol. The Morgan fingerprint density at radius 3 is 2.55 bits per heavy atom. The SMILES string of the molecule is CN=C(NCCC1CCCN(C(=O)OC(C)(C)C)C1)Nc1ccc(OC)c(OC)c1.I. The topological polar surface area (TPSA) is 84.4 Å². The number of ether oxygens (including phenoxy) is 3. The molecule has 1 heterocycles. The molecule has 0 radical (unpaired) electrons. The Bertz CT molecular complexity index is 737. The van der Waals surface area contributed by atoms with Crippen molar-refractivity contribution in [3.63, 3.8) is 0 Å². The minimum absolute atomic E-state index is 0. The van der Waals surface area contributed by atoms with Crippen molar-refractivity contribution < 1.29 is 19.0 Å². The molecule has 0 aromatic heterocycles. The molecule has 1 saturated heterocycles. The second-order valence-electron chi connectivity index (χ2n) is 8.42. The molecule has 0 saturated carbocycles. The molecule has 1 atom stereocenters. The number of nitrogens with zero attached hydrogens (tertiary/aromatic N) is 2. The molecule has 8 nitrogen and oxygen atoms in total. The van der Waals surface area contributed by atoms with Crippen LogP contribution in [-0.2, 0) is 4.74 Å². The number of aliphatic imine (C=N–C) groups is 1. The normalized spacial score (nSPS) is 16.8. The van der Waals surface area contributed by atoms with Gasteiger partial charge < -0.3 is 29.7 Å². The van der Waals surface area contributed by atoms with Gasteiger partial charge in [0, 0.05) is 38.4 Å². The van der Waals surface area contributed by atoms with Gasteiger partial charge in [0.1, 0.15) is 5.60 Å². The van der Waals surface area contributed by atoms with E-state index < -0.39 is 5.60 Å². The van der Waals surface area contributed by atoms with E-state index in [0.717, 1.165) is 44.6 Å². The van der Waals surface area contributed by atoms with E-state index in [9.17, 15) is 4.79 Å². The number of hydrogen-bond donors (Lipinski definition) is 2. The number of piperidine rings is 1. The van der Waals surface area contributed by atoms with Gasteiger partial charge in [0.15, 0.2) is 17.5 Å². The molecule has 0 bridgehead atoms. The maximum Gasteiger partial charge on any atom is 0.410 e. The third-order valence-corrected chi connectivity index (χ3v) is 4.89. The van der Waals surface area contributed by atoms with Crippen molar-refractivity contribution in [2.45, 2.75) is 45.6 Å². The maximum atomic E-state index is 12.3. The molecule has 1 fully saturated rings. The zero-order chi connectivity index (χ0) is 22.1. The predicted octanol–water partition coefficient (Wildman–Crippen LogP) is 4.35. The summed E-state index contributed by atoms with van der Waals surface area (Å²) >= 11 is 0. The van der Waals surface area contributed by atoms with Crippen molar-refractivity contribution in [2.75, 3.05) is 46.2 Å². The number of guanidine groups is 1. The number of methoxy groups -OCH3 is 2. The standard InChI is InChI=1S/C22H36N4O4.HI/c1-22(2,3)30-21(27)26-13-7-8-16(15-26)11-12-24-20(23-4)25-17-9-10-18(28-5)19(14-17)29-6;/h9-10,14,16H,7-8,11-13,15H2,1-6H3,(H2,23,24,25);1H. The number of anilines is 1. The fourth-order valence-corrected chi connectivity index (χ4v) is 3.42. The monoisotopic (exact) mass is 548 g/mol. The summed E-state index contributed by atoms with van der Waals surface area (Å²) in [6.07, 6.45) is 2.85. The van der Waals surface area contributed by atoms with E-state index in [4.69, 9.17) is 14.2 Å². The highest BCUT2D eigenvalue weighted by molar-refractivity contribution is 14.0. The van der Waals surface area contributed by atoms with Crippen LogP contribution in [0.25, 0.3) is 0 Å². The van der Waals surface area contributed by atoms with Crippen molar-refractivity contribution in [1.82, 2.24) is 10.2 Å². The van der Waals surface area contributed by atoms with Crippen LogP contribution in [0.15, 0.2) is 23.2 Å². The lowest BCUT2D eigenvalue weighted by molar-refractivity contribution is 0.0162. The van der Waals surface area contributed by atoms with E-state index in [1.807, 2.05) is 43.9 Å². The molecule has 1 aromatic rings. The van der Waals surface area contributed by atoms with E-state index in [1.54, 1.807) is 21.3 Å². The zero-order valence-corrected chi connectivity index (χ0v) is 21.8. The van der Waals surface area contributed by atoms with Crippen LogP contribution in [0, 0.1) is 5.92 Å². The Kier molecular flexibility index (Phi) is 11.2. The summed E-state index contributed by atoms with van der Waals surface area (Å²) in [6.45, 7) is 7.95. The first-order chi connectivity index (χ1) is 14.3. The molecule has 31 heavy (non-hydrogen) atoms. The van der Waals surface area contributed by atoms with Crippen molar-refractivity contribution >= 4 is 41.7 Å². The summed E-state index contributed by atoms with van der Waals surface area (Å²) in [4.78, 5) is 18.4. The summed E-state index contributed by atoms with van der Waals surface area (Å²) in [6, 6.07) is 5.63. The van der Waals surface area contributed by atoms with Gasteiger partial charge in [-0.25, -0.2) is 4.79 Å². The van der Waals surface area contributed by atoms with Gasteiger partial charge in [0.2, 0.25) is 0 Å². The summed E-state index contributed by atoms with van der Waals surface area (Å²) in [5, 5.41) is 6.61. The second-order valence-corrected chi connectivity index (χ2v) is 8.42. The van der Waals surface area contributed by atoms with Gasteiger partial charge in [-0.1, -0.05) is 0 Å². The lowest BCUT2D eigenvalue weighted by Crippen LogP contribution is -2.43. The smallest absolute Gasteiger partial charge is 0.410 e. The van der Waals surface area contributed by atoms with Crippen LogP contribution in [0.1, 0.15) is 40.0 Å². The molecule has 1 aliphatic rings. The number of nitrogens with one attached hydrogen (secondary N) is 2. The second kappa shape index (κ2) is 12.8. The number of amides is 1. The van der Waals surface area contributed by atoms with Gasteiger partial charge in [-0.15, -0.1) is 24.0 Å². The Labute approximate surface area is 203 Å². The van der Waals surface area contributed by atoms with Crippen LogP contribution in [-0.4, -0.2) is 63.5 Å². The third-order valence-electron chi connectivity index (χ3n) is 4.89. The number of carbonyl (C=O) groups excluding carboxylic acids is 1. The number of carbonyl (C=O) groups is 1. The zero-order valence-electron chi connectivity index (χ0n) is 19.5. The first-order valence-electron chi connectivity index (χ1n) is 10.4. The van der Waals surface area contributed by atoms with Gasteiger partial charge >= 0.3 is 6.09 Å². The number of rotatable bonds is 6. The summed E-state index contributed by atoms with van der Waals surface area (Å²) < 4.78 is 16.1. The Morgan fingerprint density at radius 2 is 1.94 bits per heavy atom. The van der Waals surface area contributed by atoms with Crippen LogP contribution < -0.4 is 20.1 Å². The first kappa shape index (κ1) is 27.1. The summed E-state index contributed by atoms with van der Waals surface area (Å²) in [7, 11) is 4.96. The molecule has 0 aliphatic carbocycles. The maximum absolute atomic E-state index is 12.3. The summed E-state index contributed by atoms with van der Waals surface area (Å²) in [5.74, 6) is 2.46. The summed E-state index contributed by atoms with van der Waals surface area (Å²) in [5.41, 5.74) is 0.392. The third kappa shape index (κ3) is 9.00. The molecule has 176 valence electrons. The van der Waals surface area contributed by atoms with Crippen molar-refractivity contribution in [2.24, 2.45) is 10.9 Å². The number of benzene rings is 1. The van der Waals surface area contributed by atoms with Gasteiger partial charge in [-0.05, 0) is 58.1 Å². The molecule has 1 aliphatic heterocycles. The highest BCUT2D eigenvalue weighted by Crippen LogP contribution is 2.29. The number of hydrogen-bond acceptors (Lipinski definition) is 5. The minimum atomic E-state index is -0.464. The van der Waals surface area contributed by atoms with E-state index in [0.29, 0.717) is 23.4 Å². The van der Waals surface area contributed by atoms with E-state index >= 15 is 0 Å². The predicted molar refractivity (Wildman–Crippen MR) is 135 cm³/mol. The van der Waals surface area contributed by atoms with Gasteiger partial charge in [-0.3, -0.25) is 4.99 Å². The molecule has 9 heteroatoms. The Hall–Kier alpha value is -1.91. The van der Waals surface area contributed by atoms with Crippen molar-refractivity contribution in [3.05, 3.63) is 18.2 Å². The Morgan fingerprint density at radius 1 is 1.23 bits per heavy atom. The molecule has 0 spiro atoms. The molecular formula is C22H37IN4O4. The van der Waals surface area contributed by atoms with E-state index in [2.05, 4.69) is 15.6 Å². The lowest BCUT2D eigenvalue weighted by Gasteiger charge is -2.34. The fraction of sp³-hybridized carbons (Fsp3) is 0.636. The van der Waals surface area contributed by atoms with Crippen LogP contribution in [0.5, 0.6) is 11.5 Å². The van der Waals surface area contributed by atoms with E-state index in [1.165, 1.54) is 0 Å². The largest absolute Gasteiger partial charge is 0.493 e. The number of halogens is 1. The fourth-order valence-electron chi connectivity index (χ4n) is 3.42. The van der Waals surface area contributed by atoms with Crippen molar-refractivity contribution in [1.29, 1.82) is 0 Å². The molecule has 2 N–H and O–H groups in total. The molecule has 1 amide bonds. The molecule has 1 aromatic carbocycles. The van der Waals surface area contributed by atoms with Crippen LogP contribution in [0.2, 0.25) is 0 Å². The average molecular weight is 548 g/mol. The average Bonchev–Trinajstić information content (AvgIpc) is 2.71. The van der Waals surface area contributed by atoms with E-state index in [-0.39, 0.29) is 30.1 Å². The first-order valence-corrected chi connectivity index (χ1v) is 10.4. The van der Waals surface area contributed by atoms with Crippen LogP contribution in [0.4, 0.5) is 10.5 Å². The molecule has 2 rings (SSSR count). The molecule has 1 unspecified atom stereocenters. The van der Waals surface area contributed by atoms with Crippen LogP contribution in [0.3, 0.4) is 0 Å². The van der Waals surface area contributed by atoms with Crippen LogP contribution >= 0.6 is 24.0 Å². The highest BCUT2D eigenvalue weighted by atomic mass is 127. The highest BCUT2D eigenvalue weighted by Gasteiger charge is 2.27. The lowest BCUT2D eigenvalue weighted by atomic mass is 9.95. The van der Waals surface area contributed by atoms with Gasteiger partial charge in [0.05, 0.1) is 14.2 Å². The van der Waals surface area contributed by atoms with Gasteiger partial charge in [0.25, 0.3) is 0 Å². The number of likely N-dealkylation sites (tertiary alicyclic amines) is 1. The van der Waals surface area contributed by atoms with Crippen molar-refractivity contribution in [3.8, 4) is 11.5 Å². The quantitative estimate of drug-likeness (QED) is 0.313. The Balaban J connectivity index is 0.00000480.